The Hall–Kier alpha value is -4.77. The van der Waals surface area contributed by atoms with Gasteiger partial charge in [0, 0.05) is 23.9 Å². The second-order valence-electron chi connectivity index (χ2n) is 7.45. The van der Waals surface area contributed by atoms with Crippen LogP contribution in [0.1, 0.15) is 27.9 Å². The lowest BCUT2D eigenvalue weighted by Gasteiger charge is -2.07. The van der Waals surface area contributed by atoms with Crippen molar-refractivity contribution in [1.82, 2.24) is 0 Å². The number of nitrogens with zero attached hydrogens (tertiary/aromatic N) is 1. The van der Waals surface area contributed by atoms with E-state index in [9.17, 15) is 9.59 Å². The molecule has 0 heterocycles. The molecule has 3 aromatic carbocycles. The fourth-order valence-corrected chi connectivity index (χ4v) is 3.03. The van der Waals surface area contributed by atoms with Crippen molar-refractivity contribution >= 4 is 29.4 Å². The largest absolute Gasteiger partial charge is 0.493 e. The van der Waals surface area contributed by atoms with Gasteiger partial charge >= 0.3 is 11.9 Å². The molecule has 3 rings (SSSR count). The molecule has 0 fully saturated rings. The molecule has 0 aliphatic rings. The van der Waals surface area contributed by atoms with Crippen molar-refractivity contribution in [1.29, 1.82) is 5.26 Å². The maximum absolute atomic E-state index is 12.3. The number of rotatable bonds is 10. The number of esters is 2. The van der Waals surface area contributed by atoms with Crippen LogP contribution in [0.4, 0.5) is 11.4 Å². The van der Waals surface area contributed by atoms with Crippen LogP contribution in [0.3, 0.4) is 0 Å². The van der Waals surface area contributed by atoms with Crippen LogP contribution in [0.15, 0.2) is 72.8 Å². The molecule has 0 aliphatic carbocycles. The van der Waals surface area contributed by atoms with Crippen LogP contribution < -0.4 is 20.9 Å². The van der Waals surface area contributed by atoms with Gasteiger partial charge in [-0.05, 0) is 65.7 Å². The highest BCUT2D eigenvalue weighted by atomic mass is 16.5. The predicted molar refractivity (Wildman–Crippen MR) is 133 cm³/mol. The number of nitriles is 1. The summed E-state index contributed by atoms with van der Waals surface area (Å²) in [5.41, 5.74) is 14.7. The highest BCUT2D eigenvalue weighted by molar-refractivity contribution is 5.91. The summed E-state index contributed by atoms with van der Waals surface area (Å²) < 4.78 is 16.0. The zero-order valence-electron chi connectivity index (χ0n) is 19.0. The summed E-state index contributed by atoms with van der Waals surface area (Å²) in [6, 6.07) is 20.4. The molecule has 0 saturated carbocycles. The smallest absolute Gasteiger partial charge is 0.343 e. The van der Waals surface area contributed by atoms with Gasteiger partial charge in [-0.15, -0.1) is 0 Å². The highest BCUT2D eigenvalue weighted by Crippen LogP contribution is 2.18. The van der Waals surface area contributed by atoms with Crippen LogP contribution in [0.25, 0.3) is 6.08 Å². The normalized spacial score (nSPS) is 10.5. The number of carbonyl (C=O) groups excluding carboxylic acids is 2. The van der Waals surface area contributed by atoms with Gasteiger partial charge in [0.1, 0.15) is 18.1 Å². The molecule has 35 heavy (non-hydrogen) atoms. The van der Waals surface area contributed by atoms with Crippen molar-refractivity contribution in [3.63, 3.8) is 0 Å². The summed E-state index contributed by atoms with van der Waals surface area (Å²) >= 11 is 0. The average molecular weight is 472 g/mol. The van der Waals surface area contributed by atoms with Crippen LogP contribution in [-0.4, -0.2) is 25.2 Å². The van der Waals surface area contributed by atoms with Gasteiger partial charge in [0.15, 0.2) is 0 Å². The molecular formula is C27H25N3O5. The third-order valence-corrected chi connectivity index (χ3v) is 4.86. The minimum atomic E-state index is -0.512. The number of benzene rings is 3. The monoisotopic (exact) mass is 471 g/mol. The first-order valence-corrected chi connectivity index (χ1v) is 10.9. The van der Waals surface area contributed by atoms with Gasteiger partial charge in [-0.25, -0.2) is 9.59 Å². The fraction of sp³-hybridized carbons (Fsp3) is 0.148. The maximum atomic E-state index is 12.3. The molecule has 3 aromatic rings. The molecule has 0 aromatic heterocycles. The lowest BCUT2D eigenvalue weighted by Crippen LogP contribution is -2.08. The Bertz CT molecular complexity index is 1230. The molecule has 0 aliphatic heterocycles. The van der Waals surface area contributed by atoms with E-state index in [1.54, 1.807) is 66.7 Å². The van der Waals surface area contributed by atoms with E-state index in [1.165, 1.54) is 6.08 Å². The van der Waals surface area contributed by atoms with Crippen molar-refractivity contribution in [3.05, 3.63) is 89.5 Å². The van der Waals surface area contributed by atoms with E-state index in [4.69, 9.17) is 30.9 Å². The molecule has 0 spiro atoms. The third-order valence-electron chi connectivity index (χ3n) is 4.86. The summed E-state index contributed by atoms with van der Waals surface area (Å²) in [6.45, 7) is 0.483. The van der Waals surface area contributed by atoms with Crippen LogP contribution in [-0.2, 0) is 16.0 Å². The van der Waals surface area contributed by atoms with Crippen molar-refractivity contribution in [2.75, 3.05) is 24.7 Å². The molecule has 0 bridgehead atoms. The lowest BCUT2D eigenvalue weighted by atomic mass is 10.1. The Kier molecular flexibility index (Phi) is 8.85. The van der Waals surface area contributed by atoms with E-state index >= 15 is 0 Å². The molecular weight excluding hydrogens is 446 g/mol. The van der Waals surface area contributed by atoms with E-state index in [0.29, 0.717) is 34.9 Å². The molecule has 4 N–H and O–H groups in total. The van der Waals surface area contributed by atoms with Crippen LogP contribution in [0.2, 0.25) is 0 Å². The van der Waals surface area contributed by atoms with Crippen molar-refractivity contribution in [2.45, 2.75) is 12.8 Å². The first-order chi connectivity index (χ1) is 16.9. The Labute approximate surface area is 203 Å². The average Bonchev–Trinajstić information content (AvgIpc) is 2.85. The second kappa shape index (κ2) is 12.5. The Morgan fingerprint density at radius 1 is 0.914 bits per heavy atom. The van der Waals surface area contributed by atoms with E-state index in [0.717, 1.165) is 11.1 Å². The van der Waals surface area contributed by atoms with E-state index in [2.05, 4.69) is 0 Å². The van der Waals surface area contributed by atoms with E-state index in [1.807, 2.05) is 12.1 Å². The minimum Gasteiger partial charge on any atom is -0.493 e. The number of ether oxygens (including phenoxy) is 3. The Morgan fingerprint density at radius 3 is 2.31 bits per heavy atom. The zero-order chi connectivity index (χ0) is 25.0. The van der Waals surface area contributed by atoms with Crippen molar-refractivity contribution in [2.24, 2.45) is 0 Å². The molecule has 8 nitrogen and oxygen atoms in total. The van der Waals surface area contributed by atoms with Gasteiger partial charge in [0.2, 0.25) is 0 Å². The van der Waals surface area contributed by atoms with Gasteiger partial charge in [-0.3, -0.25) is 0 Å². The van der Waals surface area contributed by atoms with Crippen molar-refractivity contribution in [3.8, 4) is 17.6 Å². The summed E-state index contributed by atoms with van der Waals surface area (Å²) in [5.74, 6) is -0.0530. The van der Waals surface area contributed by atoms with Gasteiger partial charge < -0.3 is 25.7 Å². The summed E-state index contributed by atoms with van der Waals surface area (Å²) in [4.78, 5) is 24.3. The minimum absolute atomic E-state index is 0.194. The number of nitrogens with two attached hydrogens (primary N) is 2. The fourth-order valence-electron chi connectivity index (χ4n) is 3.03. The number of anilines is 2. The molecule has 0 atom stereocenters. The summed E-state index contributed by atoms with van der Waals surface area (Å²) in [6.07, 6.45) is 3.71. The quantitative estimate of drug-likeness (QED) is 0.148. The molecule has 0 saturated heterocycles. The maximum Gasteiger partial charge on any atom is 0.343 e. The van der Waals surface area contributed by atoms with E-state index in [-0.39, 0.29) is 19.6 Å². The first kappa shape index (κ1) is 24.9. The Balaban J connectivity index is 1.45. The van der Waals surface area contributed by atoms with E-state index < -0.39 is 11.9 Å². The molecule has 0 amide bonds. The standard InChI is InChI=1S/C27H25N3O5/c28-15-1-16-33-23-11-6-21(7-12-23)27(32)35-24-9-2-19(3-10-24)4-13-26(31)34-17-14-20-5-8-22(29)18-25(20)30/h2-13,18H,1,14,16-17,29-30H2/b13-4+. The molecule has 0 unspecified atom stereocenters. The van der Waals surface area contributed by atoms with Crippen LogP contribution in [0, 0.1) is 11.3 Å². The number of nitrogen functional groups attached to an aromatic ring is 2. The lowest BCUT2D eigenvalue weighted by molar-refractivity contribution is -0.137. The van der Waals surface area contributed by atoms with Crippen molar-refractivity contribution < 1.29 is 23.8 Å². The SMILES string of the molecule is N#CCCOc1ccc(C(=O)Oc2ccc(/C=C/C(=O)OCCc3ccc(N)cc3N)cc2)cc1. The van der Waals surface area contributed by atoms with Gasteiger partial charge in [0.05, 0.1) is 24.7 Å². The first-order valence-electron chi connectivity index (χ1n) is 10.9. The molecule has 0 radical (unpaired) electrons. The van der Waals surface area contributed by atoms with Crippen LogP contribution in [0.5, 0.6) is 11.5 Å². The number of hydrogen-bond acceptors (Lipinski definition) is 8. The summed E-state index contributed by atoms with van der Waals surface area (Å²) in [5, 5.41) is 8.53. The second-order valence-corrected chi connectivity index (χ2v) is 7.45. The zero-order valence-corrected chi connectivity index (χ0v) is 19.0. The molecule has 8 heteroatoms. The summed E-state index contributed by atoms with van der Waals surface area (Å²) in [7, 11) is 0. The van der Waals surface area contributed by atoms with Gasteiger partial charge in [-0.1, -0.05) is 18.2 Å². The highest BCUT2D eigenvalue weighted by Gasteiger charge is 2.09. The van der Waals surface area contributed by atoms with Gasteiger partial charge in [-0.2, -0.15) is 5.26 Å². The third kappa shape index (κ3) is 7.94. The predicted octanol–water partition coefficient (Wildman–Crippen LogP) is 4.16. The van der Waals surface area contributed by atoms with Crippen LogP contribution >= 0.6 is 0 Å². The Morgan fingerprint density at radius 2 is 1.63 bits per heavy atom. The molecule has 178 valence electrons. The number of carbonyl (C=O) groups is 2. The topological polar surface area (TPSA) is 138 Å². The number of hydrogen-bond donors (Lipinski definition) is 2. The van der Waals surface area contributed by atoms with Gasteiger partial charge in [0.25, 0.3) is 0 Å².